The SMILES string of the molecule is CC/C=C\C=NCCC(CC)(CCC)OCCC. The smallest absolute Gasteiger partial charge is 0.0697 e. The average molecular weight is 253 g/mol. The van der Waals surface area contributed by atoms with Crippen LogP contribution in [-0.4, -0.2) is 25.0 Å². The van der Waals surface area contributed by atoms with Gasteiger partial charge in [0.25, 0.3) is 0 Å². The van der Waals surface area contributed by atoms with Crippen LogP contribution in [0.1, 0.15) is 66.2 Å². The van der Waals surface area contributed by atoms with E-state index >= 15 is 0 Å². The molecule has 0 saturated carbocycles. The number of hydrogen-bond donors (Lipinski definition) is 0. The summed E-state index contributed by atoms with van der Waals surface area (Å²) in [7, 11) is 0. The summed E-state index contributed by atoms with van der Waals surface area (Å²) in [6.07, 6.45) is 12.7. The summed E-state index contributed by atoms with van der Waals surface area (Å²) < 4.78 is 6.10. The lowest BCUT2D eigenvalue weighted by Gasteiger charge is -2.32. The molecular formula is C16H31NO. The first-order valence-corrected chi connectivity index (χ1v) is 7.53. The molecule has 0 bridgehead atoms. The third-order valence-corrected chi connectivity index (χ3v) is 3.22. The second kappa shape index (κ2) is 11.5. The molecule has 0 aromatic heterocycles. The van der Waals surface area contributed by atoms with Gasteiger partial charge in [0.05, 0.1) is 5.60 Å². The summed E-state index contributed by atoms with van der Waals surface area (Å²) in [5.74, 6) is 0. The fourth-order valence-electron chi connectivity index (χ4n) is 2.10. The van der Waals surface area contributed by atoms with Crippen molar-refractivity contribution in [3.63, 3.8) is 0 Å². The molecule has 0 radical (unpaired) electrons. The highest BCUT2D eigenvalue weighted by molar-refractivity contribution is 5.70. The minimum Gasteiger partial charge on any atom is -0.375 e. The maximum Gasteiger partial charge on any atom is 0.0697 e. The van der Waals surface area contributed by atoms with Gasteiger partial charge in [0.1, 0.15) is 0 Å². The molecule has 0 aromatic carbocycles. The van der Waals surface area contributed by atoms with Gasteiger partial charge in [-0.25, -0.2) is 0 Å². The van der Waals surface area contributed by atoms with Crippen molar-refractivity contribution in [1.29, 1.82) is 0 Å². The van der Waals surface area contributed by atoms with Crippen molar-refractivity contribution in [3.8, 4) is 0 Å². The van der Waals surface area contributed by atoms with Crippen LogP contribution in [0.4, 0.5) is 0 Å². The normalized spacial score (nSPS) is 15.6. The van der Waals surface area contributed by atoms with Crippen molar-refractivity contribution in [1.82, 2.24) is 0 Å². The molecule has 0 aromatic rings. The van der Waals surface area contributed by atoms with Gasteiger partial charge in [0.2, 0.25) is 0 Å². The van der Waals surface area contributed by atoms with E-state index in [9.17, 15) is 0 Å². The Balaban J connectivity index is 4.21. The van der Waals surface area contributed by atoms with Crippen molar-refractivity contribution >= 4 is 6.21 Å². The van der Waals surface area contributed by atoms with Crippen LogP contribution in [0.25, 0.3) is 0 Å². The monoisotopic (exact) mass is 253 g/mol. The van der Waals surface area contributed by atoms with Crippen LogP contribution >= 0.6 is 0 Å². The van der Waals surface area contributed by atoms with Crippen LogP contribution < -0.4 is 0 Å². The van der Waals surface area contributed by atoms with Crippen molar-refractivity contribution < 1.29 is 4.74 Å². The van der Waals surface area contributed by atoms with E-state index in [-0.39, 0.29) is 5.60 Å². The molecule has 2 nitrogen and oxygen atoms in total. The molecule has 0 spiro atoms. The van der Waals surface area contributed by atoms with Gasteiger partial charge >= 0.3 is 0 Å². The van der Waals surface area contributed by atoms with E-state index in [0.717, 1.165) is 45.3 Å². The Hall–Kier alpha value is -0.630. The van der Waals surface area contributed by atoms with Gasteiger partial charge in [-0.3, -0.25) is 4.99 Å². The topological polar surface area (TPSA) is 21.6 Å². The minimum absolute atomic E-state index is 0.0522. The Bertz CT molecular complexity index is 235. The van der Waals surface area contributed by atoms with Crippen molar-refractivity contribution in [3.05, 3.63) is 12.2 Å². The predicted octanol–water partition coefficient (Wildman–Crippen LogP) is 4.79. The van der Waals surface area contributed by atoms with Crippen molar-refractivity contribution in [2.45, 2.75) is 71.8 Å². The van der Waals surface area contributed by atoms with Gasteiger partial charge in [0, 0.05) is 19.4 Å². The highest BCUT2D eigenvalue weighted by Crippen LogP contribution is 2.26. The zero-order chi connectivity index (χ0) is 13.7. The zero-order valence-corrected chi connectivity index (χ0v) is 12.7. The molecule has 0 saturated heterocycles. The summed E-state index contributed by atoms with van der Waals surface area (Å²) >= 11 is 0. The third-order valence-electron chi connectivity index (χ3n) is 3.22. The molecule has 0 fully saturated rings. The fraction of sp³-hybridized carbons (Fsp3) is 0.812. The van der Waals surface area contributed by atoms with E-state index in [1.54, 1.807) is 0 Å². The van der Waals surface area contributed by atoms with Gasteiger partial charge < -0.3 is 4.74 Å². The van der Waals surface area contributed by atoms with Gasteiger partial charge in [-0.05, 0) is 38.2 Å². The number of nitrogens with zero attached hydrogens (tertiary/aromatic N) is 1. The van der Waals surface area contributed by atoms with Gasteiger partial charge in [-0.15, -0.1) is 0 Å². The van der Waals surface area contributed by atoms with Crippen LogP contribution in [0.15, 0.2) is 17.1 Å². The molecule has 0 amide bonds. The van der Waals surface area contributed by atoms with Crippen LogP contribution in [-0.2, 0) is 4.74 Å². The molecule has 1 atom stereocenters. The number of allylic oxidation sites excluding steroid dienone is 2. The van der Waals surface area contributed by atoms with Gasteiger partial charge in [-0.1, -0.05) is 40.2 Å². The van der Waals surface area contributed by atoms with Crippen LogP contribution in [0.2, 0.25) is 0 Å². The standard InChI is InChI=1S/C16H31NO/c1-5-9-10-13-17-14-12-16(8-4,11-6-2)18-15-7-3/h9-10,13H,5-8,11-12,14-15H2,1-4H3/b10-9-,17-13?. The summed E-state index contributed by atoms with van der Waals surface area (Å²) in [4.78, 5) is 4.44. The first kappa shape index (κ1) is 17.4. The highest BCUT2D eigenvalue weighted by atomic mass is 16.5. The van der Waals surface area contributed by atoms with Crippen LogP contribution in [0.5, 0.6) is 0 Å². The third kappa shape index (κ3) is 7.65. The second-order valence-corrected chi connectivity index (χ2v) is 4.78. The summed E-state index contributed by atoms with van der Waals surface area (Å²) in [6.45, 7) is 10.5. The summed E-state index contributed by atoms with van der Waals surface area (Å²) in [5, 5.41) is 0. The van der Waals surface area contributed by atoms with Gasteiger partial charge in [-0.2, -0.15) is 0 Å². The highest BCUT2D eigenvalue weighted by Gasteiger charge is 2.27. The lowest BCUT2D eigenvalue weighted by Crippen LogP contribution is -2.33. The average Bonchev–Trinajstić information content (AvgIpc) is 2.40. The van der Waals surface area contributed by atoms with E-state index in [1.165, 1.54) is 6.42 Å². The second-order valence-electron chi connectivity index (χ2n) is 4.78. The van der Waals surface area contributed by atoms with E-state index < -0.39 is 0 Å². The van der Waals surface area contributed by atoms with E-state index in [0.29, 0.717) is 0 Å². The number of hydrogen-bond acceptors (Lipinski definition) is 2. The maximum atomic E-state index is 6.10. The molecule has 0 rings (SSSR count). The first-order valence-electron chi connectivity index (χ1n) is 7.53. The van der Waals surface area contributed by atoms with E-state index in [2.05, 4.69) is 38.8 Å². The lowest BCUT2D eigenvalue weighted by molar-refractivity contribution is -0.0588. The Morgan fingerprint density at radius 1 is 1.06 bits per heavy atom. The first-order chi connectivity index (χ1) is 8.74. The number of rotatable bonds is 11. The largest absolute Gasteiger partial charge is 0.375 e. The molecular weight excluding hydrogens is 222 g/mol. The van der Waals surface area contributed by atoms with Crippen molar-refractivity contribution in [2.24, 2.45) is 4.99 Å². The minimum atomic E-state index is 0.0522. The fourth-order valence-corrected chi connectivity index (χ4v) is 2.10. The number of aliphatic imine (C=N–C) groups is 1. The molecule has 0 heterocycles. The van der Waals surface area contributed by atoms with E-state index in [4.69, 9.17) is 4.74 Å². The summed E-state index contributed by atoms with van der Waals surface area (Å²) in [6, 6.07) is 0. The molecule has 1 unspecified atom stereocenters. The molecule has 0 aliphatic carbocycles. The summed E-state index contributed by atoms with van der Waals surface area (Å²) in [5.41, 5.74) is 0.0522. The Morgan fingerprint density at radius 2 is 1.83 bits per heavy atom. The Kier molecular flexibility index (Phi) is 11.1. The molecule has 18 heavy (non-hydrogen) atoms. The van der Waals surface area contributed by atoms with E-state index in [1.807, 2.05) is 12.3 Å². The predicted molar refractivity (Wildman–Crippen MR) is 81.6 cm³/mol. The zero-order valence-electron chi connectivity index (χ0n) is 12.7. The molecule has 0 aliphatic heterocycles. The van der Waals surface area contributed by atoms with Gasteiger partial charge in [0.15, 0.2) is 0 Å². The molecule has 0 aliphatic rings. The quantitative estimate of drug-likeness (QED) is 0.485. The Morgan fingerprint density at radius 3 is 2.39 bits per heavy atom. The maximum absolute atomic E-state index is 6.10. The Labute approximate surface area is 114 Å². The van der Waals surface area contributed by atoms with Crippen molar-refractivity contribution in [2.75, 3.05) is 13.2 Å². The lowest BCUT2D eigenvalue weighted by atomic mass is 9.91. The van der Waals surface area contributed by atoms with Crippen LogP contribution in [0, 0.1) is 0 Å². The molecule has 2 heteroatoms. The number of ether oxygens (including phenoxy) is 1. The van der Waals surface area contributed by atoms with Crippen LogP contribution in [0.3, 0.4) is 0 Å². The molecule has 0 N–H and O–H groups in total. The molecule has 106 valence electrons.